The van der Waals surface area contributed by atoms with Crippen molar-refractivity contribution in [1.29, 1.82) is 0 Å². The van der Waals surface area contributed by atoms with Crippen LogP contribution in [0.3, 0.4) is 0 Å². The van der Waals surface area contributed by atoms with E-state index in [1.165, 1.54) is 16.7 Å². The molecule has 0 aliphatic carbocycles. The summed E-state index contributed by atoms with van der Waals surface area (Å²) in [5.41, 5.74) is 4.69. The largest absolute Gasteiger partial charge is 0.346 e. The van der Waals surface area contributed by atoms with Gasteiger partial charge in [-0.3, -0.25) is 0 Å². The van der Waals surface area contributed by atoms with Gasteiger partial charge < -0.3 is 15.2 Å². The van der Waals surface area contributed by atoms with E-state index in [1.807, 2.05) is 23.2 Å². The molecule has 0 unspecified atom stereocenters. The molecule has 0 saturated heterocycles. The molecule has 3 aromatic rings. The summed E-state index contributed by atoms with van der Waals surface area (Å²) in [5, 5.41) is 4.28. The first-order valence-electron chi connectivity index (χ1n) is 9.91. The Bertz CT molecular complexity index is 976. The van der Waals surface area contributed by atoms with Crippen LogP contribution in [0.5, 0.6) is 0 Å². The second-order valence-corrected chi connectivity index (χ2v) is 7.40. The number of aromatic amines is 1. The first kappa shape index (κ1) is 18.3. The number of hydrogen-bond acceptors (Lipinski definition) is 2. The molecule has 0 fully saturated rings. The molecule has 144 valence electrons. The molecule has 1 atom stereocenters. The van der Waals surface area contributed by atoms with Crippen LogP contribution in [0.25, 0.3) is 16.6 Å². The van der Waals surface area contributed by atoms with Crippen LogP contribution in [0.15, 0.2) is 60.9 Å². The van der Waals surface area contributed by atoms with Gasteiger partial charge in [-0.15, -0.1) is 0 Å². The van der Waals surface area contributed by atoms with Crippen LogP contribution >= 0.6 is 0 Å². The van der Waals surface area contributed by atoms with E-state index in [-0.39, 0.29) is 12.1 Å². The zero-order chi connectivity index (χ0) is 19.3. The van der Waals surface area contributed by atoms with Crippen LogP contribution in [-0.4, -0.2) is 40.0 Å². The minimum atomic E-state index is 0.0245. The Morgan fingerprint density at radius 1 is 1.25 bits per heavy atom. The van der Waals surface area contributed by atoms with Gasteiger partial charge in [-0.05, 0) is 49.5 Å². The summed E-state index contributed by atoms with van der Waals surface area (Å²) in [6.45, 7) is 3.44. The number of aromatic nitrogens is 2. The number of carbonyl (C=O) groups excluding carboxylic acids is 1. The molecular weight excluding hydrogens is 348 g/mol. The monoisotopic (exact) mass is 374 g/mol. The van der Waals surface area contributed by atoms with Crippen molar-refractivity contribution in [2.24, 2.45) is 0 Å². The number of benzene rings is 1. The minimum Gasteiger partial charge on any atom is -0.346 e. The maximum absolute atomic E-state index is 12.6. The number of H-pyrrole nitrogens is 1. The highest BCUT2D eigenvalue weighted by Gasteiger charge is 2.20. The van der Waals surface area contributed by atoms with Gasteiger partial charge in [-0.25, -0.2) is 9.78 Å². The van der Waals surface area contributed by atoms with Crippen molar-refractivity contribution in [3.63, 3.8) is 0 Å². The van der Waals surface area contributed by atoms with Crippen LogP contribution in [0.2, 0.25) is 0 Å². The number of rotatable bonds is 5. The molecule has 0 radical (unpaired) electrons. The number of nitrogens with one attached hydrogen (secondary N) is 2. The summed E-state index contributed by atoms with van der Waals surface area (Å²) in [5.74, 6) is 0. The average Bonchev–Trinajstić information content (AvgIpc) is 3.17. The van der Waals surface area contributed by atoms with Gasteiger partial charge in [0.05, 0.1) is 0 Å². The Morgan fingerprint density at radius 2 is 2.11 bits per heavy atom. The highest BCUT2D eigenvalue weighted by molar-refractivity contribution is 5.91. The Labute approximate surface area is 165 Å². The summed E-state index contributed by atoms with van der Waals surface area (Å²) >= 11 is 0. The molecule has 1 aromatic carbocycles. The van der Waals surface area contributed by atoms with Gasteiger partial charge in [0.15, 0.2) is 0 Å². The number of carbonyl (C=O) groups is 1. The molecule has 0 saturated carbocycles. The van der Waals surface area contributed by atoms with E-state index in [0.29, 0.717) is 6.54 Å². The van der Waals surface area contributed by atoms with E-state index in [9.17, 15) is 4.79 Å². The maximum atomic E-state index is 12.6. The second kappa shape index (κ2) is 8.30. The molecule has 0 spiro atoms. The molecule has 1 aliphatic rings. The molecule has 2 aromatic heterocycles. The lowest BCUT2D eigenvalue weighted by Crippen LogP contribution is -2.45. The van der Waals surface area contributed by atoms with E-state index in [2.05, 4.69) is 58.6 Å². The number of amides is 2. The number of nitrogens with zero attached hydrogens (tertiary/aromatic N) is 2. The second-order valence-electron chi connectivity index (χ2n) is 7.40. The third kappa shape index (κ3) is 4.09. The van der Waals surface area contributed by atoms with Crippen LogP contribution in [-0.2, 0) is 6.42 Å². The van der Waals surface area contributed by atoms with Crippen LogP contribution < -0.4 is 5.32 Å². The summed E-state index contributed by atoms with van der Waals surface area (Å²) in [4.78, 5) is 22.1. The van der Waals surface area contributed by atoms with Gasteiger partial charge in [-0.2, -0.15) is 0 Å². The number of urea groups is 1. The number of aryl methyl sites for hydroxylation is 1. The van der Waals surface area contributed by atoms with Crippen molar-refractivity contribution >= 4 is 22.6 Å². The lowest BCUT2D eigenvalue weighted by atomic mass is 10.00. The summed E-state index contributed by atoms with van der Waals surface area (Å²) < 4.78 is 0. The first-order chi connectivity index (χ1) is 13.7. The smallest absolute Gasteiger partial charge is 0.317 e. The molecule has 4 rings (SSSR count). The molecule has 2 N–H and O–H groups in total. The number of fused-ring (bicyclic) bond motifs is 1. The standard InChI is InChI=1S/C23H26N4O/c1-17(9-10-18-6-3-2-4-7-18)26-23(28)27-14-11-19(12-15-27)21-16-25-22-20(21)8-5-13-24-22/h2-8,11,13,16-17H,9-10,12,14-15H2,1H3,(H,24,25)(H,26,28)/t17-/m0/s1. The van der Waals surface area contributed by atoms with Crippen LogP contribution in [0.1, 0.15) is 30.9 Å². The fraction of sp³-hybridized carbons (Fsp3) is 0.304. The third-order valence-electron chi connectivity index (χ3n) is 5.37. The van der Waals surface area contributed by atoms with Crippen LogP contribution in [0, 0.1) is 0 Å². The zero-order valence-corrected chi connectivity index (χ0v) is 16.2. The Hall–Kier alpha value is -3.08. The first-order valence-corrected chi connectivity index (χ1v) is 9.91. The van der Waals surface area contributed by atoms with E-state index in [0.717, 1.165) is 36.8 Å². The van der Waals surface area contributed by atoms with Gasteiger partial charge in [0.2, 0.25) is 0 Å². The summed E-state index contributed by atoms with van der Waals surface area (Å²) in [6, 6.07) is 14.6. The Balaban J connectivity index is 1.32. The van der Waals surface area contributed by atoms with Crippen molar-refractivity contribution in [2.45, 2.75) is 32.2 Å². The summed E-state index contributed by atoms with van der Waals surface area (Å²) in [6.07, 6.45) is 8.74. The zero-order valence-electron chi connectivity index (χ0n) is 16.2. The molecule has 1 aliphatic heterocycles. The quantitative estimate of drug-likeness (QED) is 0.696. The molecule has 28 heavy (non-hydrogen) atoms. The van der Waals surface area contributed by atoms with Gasteiger partial charge in [0, 0.05) is 42.5 Å². The summed E-state index contributed by atoms with van der Waals surface area (Å²) in [7, 11) is 0. The fourth-order valence-electron chi connectivity index (χ4n) is 3.72. The Kier molecular flexibility index (Phi) is 5.42. The van der Waals surface area contributed by atoms with Crippen molar-refractivity contribution in [3.8, 4) is 0 Å². The van der Waals surface area contributed by atoms with Gasteiger partial charge in [0.1, 0.15) is 5.65 Å². The lowest BCUT2D eigenvalue weighted by molar-refractivity contribution is 0.199. The van der Waals surface area contributed by atoms with Gasteiger partial charge in [0.25, 0.3) is 0 Å². The van der Waals surface area contributed by atoms with Crippen molar-refractivity contribution < 1.29 is 4.79 Å². The Morgan fingerprint density at radius 3 is 2.89 bits per heavy atom. The average molecular weight is 374 g/mol. The predicted molar refractivity (Wildman–Crippen MR) is 113 cm³/mol. The predicted octanol–water partition coefficient (Wildman–Crippen LogP) is 4.38. The third-order valence-corrected chi connectivity index (χ3v) is 5.37. The van der Waals surface area contributed by atoms with Crippen molar-refractivity contribution in [2.75, 3.05) is 13.1 Å². The normalized spacial score (nSPS) is 15.3. The highest BCUT2D eigenvalue weighted by Crippen LogP contribution is 2.28. The number of hydrogen-bond donors (Lipinski definition) is 2. The maximum Gasteiger partial charge on any atom is 0.317 e. The van der Waals surface area contributed by atoms with Gasteiger partial charge in [-0.1, -0.05) is 36.4 Å². The van der Waals surface area contributed by atoms with Crippen molar-refractivity contribution in [1.82, 2.24) is 20.2 Å². The molecule has 3 heterocycles. The molecule has 5 heteroatoms. The fourth-order valence-corrected chi connectivity index (χ4v) is 3.72. The van der Waals surface area contributed by atoms with E-state index >= 15 is 0 Å². The topological polar surface area (TPSA) is 61.0 Å². The molecule has 2 amide bonds. The SMILES string of the molecule is C[C@@H](CCc1ccccc1)NC(=O)N1CC=C(c2c[nH]c3ncccc23)CC1. The lowest BCUT2D eigenvalue weighted by Gasteiger charge is -2.28. The van der Waals surface area contributed by atoms with Gasteiger partial charge >= 0.3 is 6.03 Å². The van der Waals surface area contributed by atoms with E-state index in [4.69, 9.17) is 0 Å². The minimum absolute atomic E-state index is 0.0245. The van der Waals surface area contributed by atoms with E-state index in [1.54, 1.807) is 6.20 Å². The number of pyridine rings is 1. The molecule has 0 bridgehead atoms. The van der Waals surface area contributed by atoms with E-state index < -0.39 is 0 Å². The highest BCUT2D eigenvalue weighted by atomic mass is 16.2. The van der Waals surface area contributed by atoms with Crippen LogP contribution in [0.4, 0.5) is 4.79 Å². The molecular formula is C23H26N4O. The van der Waals surface area contributed by atoms with Crippen molar-refractivity contribution in [3.05, 3.63) is 72.1 Å². The molecule has 5 nitrogen and oxygen atoms in total.